The van der Waals surface area contributed by atoms with Gasteiger partial charge in [-0.15, -0.1) is 0 Å². The van der Waals surface area contributed by atoms with Gasteiger partial charge in [0.25, 0.3) is 5.91 Å². The molecule has 1 fully saturated rings. The summed E-state index contributed by atoms with van der Waals surface area (Å²) in [6, 6.07) is 26.1. The van der Waals surface area contributed by atoms with Crippen LogP contribution in [0, 0.1) is 36.8 Å². The first kappa shape index (κ1) is 28.9. The number of piperidine rings is 1. The van der Waals surface area contributed by atoms with Gasteiger partial charge in [0.15, 0.2) is 0 Å². The van der Waals surface area contributed by atoms with Crippen molar-refractivity contribution in [1.82, 2.24) is 4.90 Å². The summed E-state index contributed by atoms with van der Waals surface area (Å²) < 4.78 is 27.7. The Morgan fingerprint density at radius 3 is 2.21 bits per heavy atom. The molecule has 0 spiro atoms. The summed E-state index contributed by atoms with van der Waals surface area (Å²) in [5.41, 5.74) is 6.77. The van der Waals surface area contributed by atoms with Gasteiger partial charge in [0, 0.05) is 53.6 Å². The highest BCUT2D eigenvalue weighted by molar-refractivity contribution is 6.12. The van der Waals surface area contributed by atoms with Gasteiger partial charge in [-0.25, -0.2) is 8.78 Å². The maximum atomic E-state index is 14.0. The van der Waals surface area contributed by atoms with Crippen LogP contribution in [-0.2, 0) is 6.54 Å². The van der Waals surface area contributed by atoms with Crippen molar-refractivity contribution in [1.29, 1.82) is 5.41 Å². The van der Waals surface area contributed by atoms with Gasteiger partial charge in [0.2, 0.25) is 0 Å². The number of carbonyl (C=O) groups excluding carboxylic acids is 1. The number of hydrogen-bond donors (Lipinski definition) is 1. The lowest BCUT2D eigenvalue weighted by Gasteiger charge is -2.38. The van der Waals surface area contributed by atoms with Crippen molar-refractivity contribution in [2.45, 2.75) is 33.2 Å². The zero-order chi connectivity index (χ0) is 29.8. The van der Waals surface area contributed by atoms with Crippen molar-refractivity contribution < 1.29 is 13.6 Å². The van der Waals surface area contributed by atoms with Crippen molar-refractivity contribution in [3.63, 3.8) is 0 Å². The Kier molecular flexibility index (Phi) is 8.62. The average molecular weight is 564 g/mol. The summed E-state index contributed by atoms with van der Waals surface area (Å²) in [7, 11) is 0. The van der Waals surface area contributed by atoms with Gasteiger partial charge in [-0.1, -0.05) is 55.1 Å². The molecule has 0 aromatic heterocycles. The molecule has 0 aliphatic carbocycles. The van der Waals surface area contributed by atoms with Crippen molar-refractivity contribution in [3.8, 4) is 0 Å². The fourth-order valence-electron chi connectivity index (χ4n) is 5.72. The predicted octanol–water partition coefficient (Wildman–Crippen LogP) is 8.07. The van der Waals surface area contributed by atoms with Crippen LogP contribution < -0.4 is 4.90 Å². The molecule has 5 rings (SSSR count). The van der Waals surface area contributed by atoms with E-state index in [2.05, 4.69) is 30.5 Å². The molecule has 0 saturated carbocycles. The standard InChI is InChI=1S/C36H35F2N3O/c1-24-8-4-5-13-34(24)41(23-27-9-6-11-31(37)21-27)26(3)28-16-18-40(19-17-28)36(42)30-14-15-33(25(2)20-30)35(39)29-10-7-12-32(38)22-29/h4-15,20-22,28,39H,3,16-19,23H2,1-2H3. The average Bonchev–Trinajstić information content (AvgIpc) is 2.99. The molecule has 42 heavy (non-hydrogen) atoms. The van der Waals surface area contributed by atoms with E-state index < -0.39 is 0 Å². The van der Waals surface area contributed by atoms with Crippen LogP contribution in [0.2, 0.25) is 0 Å². The SMILES string of the molecule is C=C(C1CCN(C(=O)c2ccc(C(=N)c3cccc(F)c3)c(C)c2)CC1)N(Cc1cccc(F)c1)c1ccccc1C. The van der Waals surface area contributed by atoms with E-state index in [1.165, 1.54) is 18.2 Å². The molecule has 4 aromatic carbocycles. The number of aryl methyl sites for hydroxylation is 2. The highest BCUT2D eigenvalue weighted by atomic mass is 19.1. The normalized spacial score (nSPS) is 13.6. The number of nitrogens with one attached hydrogen (secondary N) is 1. The number of anilines is 1. The highest BCUT2D eigenvalue weighted by Crippen LogP contribution is 2.33. The molecular weight excluding hydrogens is 528 g/mol. The van der Waals surface area contributed by atoms with Gasteiger partial charge < -0.3 is 9.80 Å². The Morgan fingerprint density at radius 2 is 1.55 bits per heavy atom. The lowest BCUT2D eigenvalue weighted by atomic mass is 9.91. The van der Waals surface area contributed by atoms with Crippen LogP contribution in [0.3, 0.4) is 0 Å². The molecule has 1 saturated heterocycles. The number of hydrogen-bond acceptors (Lipinski definition) is 3. The molecule has 1 heterocycles. The monoisotopic (exact) mass is 563 g/mol. The molecule has 4 nitrogen and oxygen atoms in total. The fraction of sp³-hybridized carbons (Fsp3) is 0.222. The number of halogens is 2. The Hall–Kier alpha value is -4.58. The first-order chi connectivity index (χ1) is 20.2. The van der Waals surface area contributed by atoms with Gasteiger partial charge in [-0.2, -0.15) is 0 Å². The van der Waals surface area contributed by atoms with E-state index in [0.717, 1.165) is 40.9 Å². The number of likely N-dealkylation sites (tertiary alicyclic amines) is 1. The van der Waals surface area contributed by atoms with Gasteiger partial charge >= 0.3 is 0 Å². The number of benzene rings is 4. The van der Waals surface area contributed by atoms with Crippen molar-refractivity contribution in [3.05, 3.63) is 148 Å². The first-order valence-electron chi connectivity index (χ1n) is 14.2. The number of rotatable bonds is 8. The summed E-state index contributed by atoms with van der Waals surface area (Å²) in [6.45, 7) is 10.1. The molecule has 1 N–H and O–H groups in total. The Labute approximate surface area is 246 Å². The summed E-state index contributed by atoms with van der Waals surface area (Å²) in [6.07, 6.45) is 1.55. The number of carbonyl (C=O) groups is 1. The van der Waals surface area contributed by atoms with E-state index in [9.17, 15) is 13.6 Å². The molecule has 6 heteroatoms. The molecule has 1 aliphatic heterocycles. The molecule has 0 unspecified atom stereocenters. The minimum Gasteiger partial charge on any atom is -0.341 e. The van der Waals surface area contributed by atoms with Crippen molar-refractivity contribution in [2.75, 3.05) is 18.0 Å². The maximum Gasteiger partial charge on any atom is 0.253 e. The van der Waals surface area contributed by atoms with E-state index in [1.54, 1.807) is 36.4 Å². The zero-order valence-electron chi connectivity index (χ0n) is 24.0. The van der Waals surface area contributed by atoms with E-state index in [-0.39, 0.29) is 29.2 Å². The van der Waals surface area contributed by atoms with Gasteiger partial charge in [0.1, 0.15) is 11.6 Å². The lowest BCUT2D eigenvalue weighted by molar-refractivity contribution is 0.0701. The van der Waals surface area contributed by atoms with Gasteiger partial charge in [-0.05, 0) is 85.8 Å². The topological polar surface area (TPSA) is 47.4 Å². The van der Waals surface area contributed by atoms with E-state index in [4.69, 9.17) is 5.41 Å². The van der Waals surface area contributed by atoms with Crippen LogP contribution in [0.1, 0.15) is 51.0 Å². The second-order valence-electron chi connectivity index (χ2n) is 11.0. The minimum atomic E-state index is -0.385. The highest BCUT2D eigenvalue weighted by Gasteiger charge is 2.28. The molecule has 1 amide bonds. The number of allylic oxidation sites excluding steroid dienone is 1. The van der Waals surface area contributed by atoms with Crippen LogP contribution in [0.4, 0.5) is 14.5 Å². The third-order valence-electron chi connectivity index (χ3n) is 8.09. The second-order valence-corrected chi connectivity index (χ2v) is 11.0. The number of nitrogens with zero attached hydrogens (tertiary/aromatic N) is 2. The number of amides is 1. The fourth-order valence-corrected chi connectivity index (χ4v) is 5.72. The van der Waals surface area contributed by atoms with Crippen LogP contribution in [-0.4, -0.2) is 29.6 Å². The molecular formula is C36H35F2N3O. The summed E-state index contributed by atoms with van der Waals surface area (Å²) in [5.74, 6) is -0.507. The van der Waals surface area contributed by atoms with Crippen LogP contribution in [0.5, 0.6) is 0 Å². The van der Waals surface area contributed by atoms with Crippen LogP contribution in [0.15, 0.2) is 103 Å². The Balaban J connectivity index is 1.27. The first-order valence-corrected chi connectivity index (χ1v) is 14.2. The zero-order valence-corrected chi connectivity index (χ0v) is 24.0. The van der Waals surface area contributed by atoms with Crippen LogP contribution in [0.25, 0.3) is 0 Å². The lowest BCUT2D eigenvalue weighted by Crippen LogP contribution is -2.40. The third-order valence-corrected chi connectivity index (χ3v) is 8.09. The summed E-state index contributed by atoms with van der Waals surface area (Å²) in [5, 5.41) is 8.54. The van der Waals surface area contributed by atoms with Crippen molar-refractivity contribution in [2.24, 2.45) is 5.92 Å². The van der Waals surface area contributed by atoms with E-state index in [0.29, 0.717) is 36.3 Å². The Bertz CT molecular complexity index is 1640. The Morgan fingerprint density at radius 1 is 0.857 bits per heavy atom. The van der Waals surface area contributed by atoms with E-state index >= 15 is 0 Å². The second kappa shape index (κ2) is 12.5. The van der Waals surface area contributed by atoms with Crippen molar-refractivity contribution >= 4 is 17.3 Å². The largest absolute Gasteiger partial charge is 0.341 e. The summed E-state index contributed by atoms with van der Waals surface area (Å²) in [4.78, 5) is 17.5. The molecule has 0 radical (unpaired) electrons. The van der Waals surface area contributed by atoms with Gasteiger partial charge in [-0.3, -0.25) is 10.2 Å². The van der Waals surface area contributed by atoms with Gasteiger partial charge in [0.05, 0.1) is 5.71 Å². The molecule has 0 atom stereocenters. The van der Waals surface area contributed by atoms with Crippen LogP contribution >= 0.6 is 0 Å². The molecule has 4 aromatic rings. The quantitative estimate of drug-likeness (QED) is 0.220. The smallest absolute Gasteiger partial charge is 0.253 e. The minimum absolute atomic E-state index is 0.0403. The number of para-hydroxylation sites is 1. The predicted molar refractivity (Wildman–Crippen MR) is 165 cm³/mol. The molecule has 214 valence electrons. The summed E-state index contributed by atoms with van der Waals surface area (Å²) >= 11 is 0. The molecule has 1 aliphatic rings. The molecule has 0 bridgehead atoms. The maximum absolute atomic E-state index is 14.0. The third kappa shape index (κ3) is 6.33. The van der Waals surface area contributed by atoms with E-state index in [1.807, 2.05) is 36.1 Å².